The molecular weight excluding hydrogens is 256 g/mol. The van der Waals surface area contributed by atoms with Gasteiger partial charge in [0.2, 0.25) is 5.91 Å². The van der Waals surface area contributed by atoms with Gasteiger partial charge < -0.3 is 15.2 Å². The highest BCUT2D eigenvalue weighted by Crippen LogP contribution is 2.15. The van der Waals surface area contributed by atoms with Crippen LogP contribution in [-0.2, 0) is 11.2 Å². The number of alkyl halides is 2. The van der Waals surface area contributed by atoms with E-state index in [0.29, 0.717) is 18.5 Å². The van der Waals surface area contributed by atoms with E-state index in [1.54, 1.807) is 19.1 Å². The highest BCUT2D eigenvalue weighted by Gasteiger charge is 2.06. The molecule has 0 fully saturated rings. The number of nitrogens with one attached hydrogen (secondary N) is 1. The number of amides is 1. The van der Waals surface area contributed by atoms with Crippen molar-refractivity contribution in [2.24, 2.45) is 0 Å². The molecule has 1 aromatic carbocycles. The van der Waals surface area contributed by atoms with Gasteiger partial charge in [0.1, 0.15) is 5.75 Å². The van der Waals surface area contributed by atoms with Gasteiger partial charge in [0.25, 0.3) is 0 Å². The Balaban J connectivity index is 2.38. The number of hydrogen-bond donors (Lipinski definition) is 2. The highest BCUT2D eigenvalue weighted by molar-refractivity contribution is 5.78. The van der Waals surface area contributed by atoms with Crippen LogP contribution in [0.3, 0.4) is 0 Å². The molecule has 2 N–H and O–H groups in total. The first-order chi connectivity index (χ1) is 8.97. The smallest absolute Gasteiger partial charge is 0.387 e. The van der Waals surface area contributed by atoms with Crippen molar-refractivity contribution in [1.29, 1.82) is 0 Å². The predicted octanol–water partition coefficient (Wildman–Crippen LogP) is 1.72. The van der Waals surface area contributed by atoms with Gasteiger partial charge in [-0.15, -0.1) is 0 Å². The molecule has 0 aliphatic carbocycles. The Bertz CT molecular complexity index is 393. The van der Waals surface area contributed by atoms with E-state index in [-0.39, 0.29) is 18.1 Å². The van der Waals surface area contributed by atoms with Crippen LogP contribution >= 0.6 is 0 Å². The van der Waals surface area contributed by atoms with Crippen molar-refractivity contribution in [3.05, 3.63) is 29.8 Å². The van der Waals surface area contributed by atoms with Crippen LogP contribution in [0.25, 0.3) is 0 Å². The van der Waals surface area contributed by atoms with Crippen LogP contribution in [0, 0.1) is 0 Å². The molecule has 0 aliphatic heterocycles. The van der Waals surface area contributed by atoms with Crippen molar-refractivity contribution in [1.82, 2.24) is 5.32 Å². The van der Waals surface area contributed by atoms with Crippen LogP contribution in [0.5, 0.6) is 5.75 Å². The molecule has 19 heavy (non-hydrogen) atoms. The van der Waals surface area contributed by atoms with E-state index in [1.807, 2.05) is 0 Å². The van der Waals surface area contributed by atoms with E-state index < -0.39 is 12.7 Å². The van der Waals surface area contributed by atoms with Gasteiger partial charge in [0.15, 0.2) is 0 Å². The number of aliphatic hydroxyl groups is 1. The molecule has 0 aromatic heterocycles. The summed E-state index contributed by atoms with van der Waals surface area (Å²) in [7, 11) is 0. The minimum Gasteiger partial charge on any atom is -0.435 e. The van der Waals surface area contributed by atoms with Crippen LogP contribution < -0.4 is 10.1 Å². The first kappa shape index (κ1) is 15.4. The van der Waals surface area contributed by atoms with Crippen LogP contribution in [0.2, 0.25) is 0 Å². The zero-order valence-corrected chi connectivity index (χ0v) is 10.6. The summed E-state index contributed by atoms with van der Waals surface area (Å²) in [5.74, 6) is -0.114. The molecule has 0 saturated carbocycles. The van der Waals surface area contributed by atoms with Gasteiger partial charge in [-0.1, -0.05) is 12.1 Å². The molecule has 0 bridgehead atoms. The normalized spacial score (nSPS) is 12.3. The van der Waals surface area contributed by atoms with Gasteiger partial charge in [-0.05, 0) is 31.0 Å². The van der Waals surface area contributed by atoms with Gasteiger partial charge >= 0.3 is 6.61 Å². The number of halogens is 2. The standard InChI is InChI=1S/C13H17F2NO3/c1-9(17)6-7-16-12(18)8-10-2-4-11(5-3-10)19-13(14)15/h2-5,9,13,17H,6-8H2,1H3,(H,16,18). The van der Waals surface area contributed by atoms with Crippen LogP contribution in [0.4, 0.5) is 8.78 Å². The maximum Gasteiger partial charge on any atom is 0.387 e. The molecule has 1 aromatic rings. The van der Waals surface area contributed by atoms with Crippen LogP contribution in [0.1, 0.15) is 18.9 Å². The highest BCUT2D eigenvalue weighted by atomic mass is 19.3. The number of rotatable bonds is 7. The van der Waals surface area contributed by atoms with Gasteiger partial charge in [-0.3, -0.25) is 4.79 Å². The van der Waals surface area contributed by atoms with Gasteiger partial charge in [-0.25, -0.2) is 0 Å². The summed E-state index contributed by atoms with van der Waals surface area (Å²) >= 11 is 0. The Hall–Kier alpha value is -1.69. The van der Waals surface area contributed by atoms with Crippen molar-refractivity contribution in [3.8, 4) is 5.75 Å². The monoisotopic (exact) mass is 273 g/mol. The fourth-order valence-electron chi connectivity index (χ4n) is 1.46. The lowest BCUT2D eigenvalue weighted by atomic mass is 10.1. The summed E-state index contributed by atoms with van der Waals surface area (Å²) in [5, 5.41) is 11.7. The maximum absolute atomic E-state index is 11.9. The summed E-state index contributed by atoms with van der Waals surface area (Å²) in [4.78, 5) is 11.5. The Labute approximate surface area is 110 Å². The molecule has 0 radical (unpaired) electrons. The molecule has 4 nitrogen and oxygen atoms in total. The summed E-state index contributed by atoms with van der Waals surface area (Å²) in [6.07, 6.45) is 0.202. The fraction of sp³-hybridized carbons (Fsp3) is 0.462. The molecule has 0 heterocycles. The third-order valence-electron chi connectivity index (χ3n) is 2.40. The number of aliphatic hydroxyl groups excluding tert-OH is 1. The van der Waals surface area contributed by atoms with E-state index in [4.69, 9.17) is 5.11 Å². The van der Waals surface area contributed by atoms with Crippen molar-refractivity contribution in [2.45, 2.75) is 32.5 Å². The van der Waals surface area contributed by atoms with E-state index in [1.165, 1.54) is 12.1 Å². The minimum absolute atomic E-state index is 0.0632. The van der Waals surface area contributed by atoms with Gasteiger partial charge in [0, 0.05) is 6.54 Å². The lowest BCUT2D eigenvalue weighted by Crippen LogP contribution is -2.27. The topological polar surface area (TPSA) is 58.6 Å². The van der Waals surface area contributed by atoms with Crippen LogP contribution in [0.15, 0.2) is 24.3 Å². The molecular formula is C13H17F2NO3. The van der Waals surface area contributed by atoms with E-state index in [9.17, 15) is 13.6 Å². The Morgan fingerprint density at radius 2 is 2.00 bits per heavy atom. The summed E-state index contributed by atoms with van der Waals surface area (Å²) in [5.41, 5.74) is 0.705. The summed E-state index contributed by atoms with van der Waals surface area (Å²) in [6.45, 7) is -0.800. The summed E-state index contributed by atoms with van der Waals surface area (Å²) < 4.78 is 28.1. The Morgan fingerprint density at radius 1 is 1.37 bits per heavy atom. The lowest BCUT2D eigenvalue weighted by molar-refractivity contribution is -0.120. The van der Waals surface area contributed by atoms with E-state index in [0.717, 1.165) is 0 Å². The SMILES string of the molecule is CC(O)CCNC(=O)Cc1ccc(OC(F)F)cc1. The van der Waals surface area contributed by atoms with E-state index in [2.05, 4.69) is 10.1 Å². The first-order valence-electron chi connectivity index (χ1n) is 5.96. The second-order valence-corrected chi connectivity index (χ2v) is 4.19. The van der Waals surface area contributed by atoms with Gasteiger partial charge in [-0.2, -0.15) is 8.78 Å². The Kier molecular flexibility index (Phi) is 6.21. The average Bonchev–Trinajstić information content (AvgIpc) is 2.30. The van der Waals surface area contributed by atoms with Crippen molar-refractivity contribution in [3.63, 3.8) is 0 Å². The average molecular weight is 273 g/mol. The second kappa shape index (κ2) is 7.68. The molecule has 0 saturated heterocycles. The molecule has 1 amide bonds. The van der Waals surface area contributed by atoms with Gasteiger partial charge in [0.05, 0.1) is 12.5 Å². The van der Waals surface area contributed by atoms with Crippen molar-refractivity contribution >= 4 is 5.91 Å². The zero-order chi connectivity index (χ0) is 14.3. The first-order valence-corrected chi connectivity index (χ1v) is 5.96. The molecule has 1 rings (SSSR count). The number of carbonyl (C=O) groups excluding carboxylic acids is 1. The lowest BCUT2D eigenvalue weighted by Gasteiger charge is -2.08. The van der Waals surface area contributed by atoms with Crippen molar-refractivity contribution < 1.29 is 23.4 Å². The molecule has 1 unspecified atom stereocenters. The Morgan fingerprint density at radius 3 is 2.53 bits per heavy atom. The third-order valence-corrected chi connectivity index (χ3v) is 2.40. The largest absolute Gasteiger partial charge is 0.435 e. The zero-order valence-electron chi connectivity index (χ0n) is 10.6. The quantitative estimate of drug-likeness (QED) is 0.795. The van der Waals surface area contributed by atoms with Crippen molar-refractivity contribution in [2.75, 3.05) is 6.54 Å². The number of carbonyl (C=O) groups is 1. The maximum atomic E-state index is 11.9. The minimum atomic E-state index is -2.85. The molecule has 1 atom stereocenters. The van der Waals surface area contributed by atoms with Crippen LogP contribution in [-0.4, -0.2) is 30.3 Å². The molecule has 0 spiro atoms. The number of ether oxygens (including phenoxy) is 1. The second-order valence-electron chi connectivity index (χ2n) is 4.19. The molecule has 106 valence electrons. The third kappa shape index (κ3) is 6.71. The number of benzene rings is 1. The number of hydrogen-bond acceptors (Lipinski definition) is 3. The molecule has 0 aliphatic rings. The fourth-order valence-corrected chi connectivity index (χ4v) is 1.46. The predicted molar refractivity (Wildman–Crippen MR) is 66.1 cm³/mol. The summed E-state index contributed by atoms with van der Waals surface area (Å²) in [6, 6.07) is 5.91. The molecule has 6 heteroatoms. The van der Waals surface area contributed by atoms with E-state index >= 15 is 0 Å².